The Hall–Kier alpha value is -0.380. The first-order chi connectivity index (χ1) is 8.76. The fourth-order valence-corrected chi connectivity index (χ4v) is 3.15. The molecule has 0 aromatic heterocycles. The van der Waals surface area contributed by atoms with Crippen molar-refractivity contribution in [2.75, 3.05) is 19.6 Å². The van der Waals surface area contributed by atoms with E-state index < -0.39 is 0 Å². The van der Waals surface area contributed by atoms with Crippen LogP contribution in [0.5, 0.6) is 0 Å². The molecule has 0 amide bonds. The lowest BCUT2D eigenvalue weighted by molar-refractivity contribution is 0.0915. The molecule has 1 aromatic carbocycles. The molecule has 1 aromatic rings. The van der Waals surface area contributed by atoms with E-state index >= 15 is 0 Å². The van der Waals surface area contributed by atoms with Gasteiger partial charge in [-0.05, 0) is 37.1 Å². The van der Waals surface area contributed by atoms with Gasteiger partial charge in [-0.3, -0.25) is 4.90 Å². The molecule has 3 heteroatoms. The molecule has 2 rings (SSSR count). The zero-order valence-electron chi connectivity index (χ0n) is 11.3. The van der Waals surface area contributed by atoms with Gasteiger partial charge in [-0.15, -0.1) is 0 Å². The quantitative estimate of drug-likeness (QED) is 0.864. The highest BCUT2D eigenvalue weighted by Crippen LogP contribution is 2.29. The average Bonchev–Trinajstić information content (AvgIpc) is 2.28. The van der Waals surface area contributed by atoms with E-state index in [2.05, 4.69) is 64.3 Å². The number of benzene rings is 1. The van der Waals surface area contributed by atoms with Crippen molar-refractivity contribution >= 4 is 15.9 Å². The van der Waals surface area contributed by atoms with Gasteiger partial charge in [0.1, 0.15) is 0 Å². The first kappa shape index (κ1) is 14.0. The van der Waals surface area contributed by atoms with Crippen molar-refractivity contribution in [3.63, 3.8) is 0 Å². The number of halogens is 1. The molecule has 100 valence electrons. The Morgan fingerprint density at radius 1 is 1.39 bits per heavy atom. The summed E-state index contributed by atoms with van der Waals surface area (Å²) in [4.78, 5) is 2.68. The summed E-state index contributed by atoms with van der Waals surface area (Å²) < 4.78 is 1.18. The van der Waals surface area contributed by atoms with Crippen LogP contribution in [0.25, 0.3) is 0 Å². The largest absolute Gasteiger partial charge is 0.314 e. The van der Waals surface area contributed by atoms with Crippen LogP contribution in [0.1, 0.15) is 38.3 Å². The van der Waals surface area contributed by atoms with Crippen LogP contribution in [0.15, 0.2) is 28.7 Å². The molecule has 0 spiro atoms. The molecule has 2 nitrogen and oxygen atoms in total. The summed E-state index contributed by atoms with van der Waals surface area (Å²) in [6.07, 6.45) is 2.40. The molecule has 0 bridgehead atoms. The standard InChI is InChI=1S/C15H23BrN2/c1-3-8-18(14-10-17-11-14)15(4-2)12-6-5-7-13(16)9-12/h5-7,9,14-15,17H,3-4,8,10-11H2,1-2H3. The van der Waals surface area contributed by atoms with Gasteiger partial charge in [0.2, 0.25) is 0 Å². The molecule has 1 atom stereocenters. The van der Waals surface area contributed by atoms with Crippen molar-refractivity contribution in [1.82, 2.24) is 10.2 Å². The molecule has 18 heavy (non-hydrogen) atoms. The Balaban J connectivity index is 2.18. The lowest BCUT2D eigenvalue weighted by Gasteiger charge is -2.43. The summed E-state index contributed by atoms with van der Waals surface area (Å²) >= 11 is 3.58. The van der Waals surface area contributed by atoms with E-state index in [1.807, 2.05) is 0 Å². The first-order valence-electron chi connectivity index (χ1n) is 6.98. The molecule has 1 fully saturated rings. The second-order valence-electron chi connectivity index (χ2n) is 5.03. The summed E-state index contributed by atoms with van der Waals surface area (Å²) in [5, 5.41) is 3.39. The molecule has 1 aliphatic heterocycles. The molecule has 1 aliphatic rings. The summed E-state index contributed by atoms with van der Waals surface area (Å²) in [6, 6.07) is 10.0. The second-order valence-corrected chi connectivity index (χ2v) is 5.94. The molecule has 0 aliphatic carbocycles. The number of hydrogen-bond acceptors (Lipinski definition) is 2. The fourth-order valence-electron chi connectivity index (χ4n) is 2.73. The predicted molar refractivity (Wildman–Crippen MR) is 80.8 cm³/mol. The molecule has 0 saturated carbocycles. The van der Waals surface area contributed by atoms with Crippen molar-refractivity contribution in [3.8, 4) is 0 Å². The summed E-state index contributed by atoms with van der Waals surface area (Å²) in [6.45, 7) is 8.04. The van der Waals surface area contributed by atoms with Crippen molar-refractivity contribution < 1.29 is 0 Å². The van der Waals surface area contributed by atoms with Gasteiger partial charge in [-0.1, -0.05) is 41.9 Å². The Bertz CT molecular complexity index is 377. The van der Waals surface area contributed by atoms with Crippen LogP contribution < -0.4 is 5.32 Å². The van der Waals surface area contributed by atoms with Crippen molar-refractivity contribution in [3.05, 3.63) is 34.3 Å². The number of nitrogens with one attached hydrogen (secondary N) is 1. The van der Waals surface area contributed by atoms with Crippen molar-refractivity contribution in [2.24, 2.45) is 0 Å². The highest BCUT2D eigenvalue weighted by atomic mass is 79.9. The highest BCUT2D eigenvalue weighted by molar-refractivity contribution is 9.10. The first-order valence-corrected chi connectivity index (χ1v) is 7.77. The van der Waals surface area contributed by atoms with E-state index in [-0.39, 0.29) is 0 Å². The number of nitrogens with zero attached hydrogens (tertiary/aromatic N) is 1. The Morgan fingerprint density at radius 3 is 2.67 bits per heavy atom. The monoisotopic (exact) mass is 310 g/mol. The third-order valence-electron chi connectivity index (χ3n) is 3.73. The predicted octanol–water partition coefficient (Wildman–Crippen LogP) is 3.58. The SMILES string of the molecule is CCCN(C1CNC1)C(CC)c1cccc(Br)c1. The van der Waals surface area contributed by atoms with Crippen LogP contribution in [0.4, 0.5) is 0 Å². The van der Waals surface area contributed by atoms with E-state index in [1.54, 1.807) is 0 Å². The third-order valence-corrected chi connectivity index (χ3v) is 4.22. The van der Waals surface area contributed by atoms with E-state index in [0.29, 0.717) is 12.1 Å². The minimum Gasteiger partial charge on any atom is -0.314 e. The molecule has 1 N–H and O–H groups in total. The van der Waals surface area contributed by atoms with Gasteiger partial charge >= 0.3 is 0 Å². The normalized spacial score (nSPS) is 17.8. The molecule has 1 heterocycles. The smallest absolute Gasteiger partial charge is 0.0351 e. The maximum absolute atomic E-state index is 3.58. The third kappa shape index (κ3) is 3.14. The molecule has 0 radical (unpaired) electrons. The molecule has 1 saturated heterocycles. The molecular weight excluding hydrogens is 288 g/mol. The van der Waals surface area contributed by atoms with Crippen molar-refractivity contribution in [2.45, 2.75) is 38.8 Å². The van der Waals surface area contributed by atoms with Crippen LogP contribution in [-0.4, -0.2) is 30.6 Å². The minimum atomic E-state index is 0.551. The van der Waals surface area contributed by atoms with Gasteiger partial charge in [0.25, 0.3) is 0 Å². The minimum absolute atomic E-state index is 0.551. The van der Waals surface area contributed by atoms with Gasteiger partial charge in [0.05, 0.1) is 0 Å². The Labute approximate surface area is 119 Å². The number of rotatable bonds is 6. The van der Waals surface area contributed by atoms with Crippen LogP contribution in [0, 0.1) is 0 Å². The van der Waals surface area contributed by atoms with Gasteiger partial charge in [-0.25, -0.2) is 0 Å². The van der Waals surface area contributed by atoms with Gasteiger partial charge < -0.3 is 5.32 Å². The van der Waals surface area contributed by atoms with E-state index in [0.717, 1.165) is 13.1 Å². The van der Waals surface area contributed by atoms with Crippen LogP contribution in [0.3, 0.4) is 0 Å². The number of hydrogen-bond donors (Lipinski definition) is 1. The van der Waals surface area contributed by atoms with E-state index in [1.165, 1.54) is 29.4 Å². The van der Waals surface area contributed by atoms with Crippen LogP contribution >= 0.6 is 15.9 Å². The zero-order valence-corrected chi connectivity index (χ0v) is 12.9. The highest BCUT2D eigenvalue weighted by Gasteiger charge is 2.29. The lowest BCUT2D eigenvalue weighted by Crippen LogP contribution is -2.58. The van der Waals surface area contributed by atoms with Gasteiger partial charge in [-0.2, -0.15) is 0 Å². The Morgan fingerprint density at radius 2 is 2.17 bits per heavy atom. The topological polar surface area (TPSA) is 15.3 Å². The Kier molecular flexibility index (Phi) is 5.22. The second kappa shape index (κ2) is 6.69. The summed E-state index contributed by atoms with van der Waals surface area (Å²) in [5.74, 6) is 0. The molecule has 1 unspecified atom stereocenters. The summed E-state index contributed by atoms with van der Waals surface area (Å²) in [5.41, 5.74) is 1.44. The van der Waals surface area contributed by atoms with E-state index in [9.17, 15) is 0 Å². The summed E-state index contributed by atoms with van der Waals surface area (Å²) in [7, 11) is 0. The molecular formula is C15H23BrN2. The van der Waals surface area contributed by atoms with E-state index in [4.69, 9.17) is 0 Å². The maximum Gasteiger partial charge on any atom is 0.0351 e. The lowest BCUT2D eigenvalue weighted by atomic mass is 9.98. The van der Waals surface area contributed by atoms with Gasteiger partial charge in [0, 0.05) is 29.6 Å². The maximum atomic E-state index is 3.58. The fraction of sp³-hybridized carbons (Fsp3) is 0.600. The van der Waals surface area contributed by atoms with Crippen LogP contribution in [0.2, 0.25) is 0 Å². The average molecular weight is 311 g/mol. The van der Waals surface area contributed by atoms with Gasteiger partial charge in [0.15, 0.2) is 0 Å². The zero-order chi connectivity index (χ0) is 13.0. The van der Waals surface area contributed by atoms with Crippen molar-refractivity contribution in [1.29, 1.82) is 0 Å². The van der Waals surface area contributed by atoms with Crippen LogP contribution in [-0.2, 0) is 0 Å².